The van der Waals surface area contributed by atoms with E-state index in [1.54, 1.807) is 11.9 Å². The van der Waals surface area contributed by atoms with Gasteiger partial charge in [0.1, 0.15) is 11.7 Å². The van der Waals surface area contributed by atoms with Crippen LogP contribution in [0.4, 0.5) is 13.2 Å². The summed E-state index contributed by atoms with van der Waals surface area (Å²) in [4.78, 5) is 27.4. The van der Waals surface area contributed by atoms with Crippen LogP contribution >= 0.6 is 11.6 Å². The van der Waals surface area contributed by atoms with Crippen molar-refractivity contribution in [3.05, 3.63) is 64.2 Å². The summed E-state index contributed by atoms with van der Waals surface area (Å²) in [5.41, 5.74) is 2.52. The number of aliphatic imine (C=N–C) groups is 1. The van der Waals surface area contributed by atoms with Gasteiger partial charge in [-0.05, 0) is 43.1 Å². The molecule has 41 heavy (non-hydrogen) atoms. The molecule has 222 valence electrons. The molecule has 10 nitrogen and oxygen atoms in total. The van der Waals surface area contributed by atoms with Crippen molar-refractivity contribution in [3.63, 3.8) is 0 Å². The van der Waals surface area contributed by atoms with Crippen molar-refractivity contribution in [1.82, 2.24) is 15.5 Å². The standard InChI is InChI=1S/C24H28ClN5O3S.C2HF3O2/c1-30(14-10-18-4-7-20(8-5-18)24-28-12-13-29-24)23(31)3-2-11-27-17-34(32,33)22-9-6-19(16-26)15-21(22)25;3-2(4,5)1(6)7/h4-9,15,27H,2-3,10-14,17H2,1H3,(H,28,29);(H,6,7). The first-order chi connectivity index (χ1) is 19.2. The quantitative estimate of drug-likeness (QED) is 0.326. The Labute approximate surface area is 240 Å². The van der Waals surface area contributed by atoms with Gasteiger partial charge in [-0.3, -0.25) is 9.79 Å². The summed E-state index contributed by atoms with van der Waals surface area (Å²) in [6.45, 7) is 2.67. The minimum atomic E-state index is -5.08. The number of aliphatic carboxylic acids is 1. The first-order valence-corrected chi connectivity index (χ1v) is 14.3. The van der Waals surface area contributed by atoms with Gasteiger partial charge in [-0.15, -0.1) is 0 Å². The van der Waals surface area contributed by atoms with Gasteiger partial charge in [0.25, 0.3) is 0 Å². The zero-order chi connectivity index (χ0) is 30.6. The fourth-order valence-electron chi connectivity index (χ4n) is 3.50. The predicted molar refractivity (Wildman–Crippen MR) is 146 cm³/mol. The van der Waals surface area contributed by atoms with Gasteiger partial charge in [0.2, 0.25) is 5.91 Å². The number of rotatable bonds is 11. The Morgan fingerprint density at radius 1 is 1.22 bits per heavy atom. The summed E-state index contributed by atoms with van der Waals surface area (Å²) in [5, 5.41) is 22.1. The number of carbonyl (C=O) groups excluding carboxylic acids is 1. The Morgan fingerprint density at radius 2 is 1.88 bits per heavy atom. The van der Waals surface area contributed by atoms with Gasteiger partial charge < -0.3 is 20.6 Å². The van der Waals surface area contributed by atoms with Crippen LogP contribution in [-0.4, -0.2) is 81.4 Å². The van der Waals surface area contributed by atoms with Crippen molar-refractivity contribution >= 4 is 39.2 Å². The van der Waals surface area contributed by atoms with E-state index >= 15 is 0 Å². The van der Waals surface area contributed by atoms with Crippen LogP contribution in [0.5, 0.6) is 0 Å². The fourth-order valence-corrected chi connectivity index (χ4v) is 5.24. The number of halogens is 4. The smallest absolute Gasteiger partial charge is 0.475 e. The Kier molecular flexibility index (Phi) is 12.6. The molecule has 0 bridgehead atoms. The molecule has 3 rings (SSSR count). The third kappa shape index (κ3) is 11.0. The van der Waals surface area contributed by atoms with Crippen LogP contribution in [0.25, 0.3) is 0 Å². The van der Waals surface area contributed by atoms with Crippen molar-refractivity contribution in [3.8, 4) is 6.07 Å². The highest BCUT2D eigenvalue weighted by molar-refractivity contribution is 7.91. The molecule has 0 unspecified atom stereocenters. The molecule has 0 aromatic heterocycles. The summed E-state index contributed by atoms with van der Waals surface area (Å²) in [6, 6.07) is 14.2. The van der Waals surface area contributed by atoms with E-state index in [9.17, 15) is 26.4 Å². The highest BCUT2D eigenvalue weighted by Crippen LogP contribution is 2.23. The molecule has 1 amide bonds. The number of likely N-dealkylation sites (N-methyl/N-ethyl adjacent to an activating group) is 1. The monoisotopic (exact) mass is 615 g/mol. The van der Waals surface area contributed by atoms with Crippen LogP contribution in [-0.2, 0) is 25.8 Å². The van der Waals surface area contributed by atoms with Crippen LogP contribution in [0.3, 0.4) is 0 Å². The van der Waals surface area contributed by atoms with Crippen LogP contribution in [0.2, 0.25) is 5.02 Å². The molecule has 0 fully saturated rings. The van der Waals surface area contributed by atoms with Crippen LogP contribution in [0.15, 0.2) is 52.4 Å². The third-order valence-corrected chi connectivity index (χ3v) is 7.77. The van der Waals surface area contributed by atoms with E-state index < -0.39 is 22.0 Å². The number of alkyl halides is 3. The number of amides is 1. The van der Waals surface area contributed by atoms with E-state index in [0.717, 1.165) is 36.5 Å². The number of carboxylic acid groups (broad SMARTS) is 1. The molecule has 15 heteroatoms. The molecule has 0 saturated heterocycles. The maximum absolute atomic E-state index is 12.5. The molecule has 0 spiro atoms. The van der Waals surface area contributed by atoms with E-state index in [4.69, 9.17) is 26.8 Å². The van der Waals surface area contributed by atoms with E-state index in [0.29, 0.717) is 31.5 Å². The predicted octanol–water partition coefficient (Wildman–Crippen LogP) is 3.00. The molecular formula is C26H29ClF3N5O5S. The van der Waals surface area contributed by atoms with Crippen molar-refractivity contribution in [2.24, 2.45) is 4.99 Å². The second-order valence-electron chi connectivity index (χ2n) is 8.84. The second-order valence-corrected chi connectivity index (χ2v) is 11.2. The lowest BCUT2D eigenvalue weighted by Crippen LogP contribution is -2.30. The summed E-state index contributed by atoms with van der Waals surface area (Å²) in [6.07, 6.45) is -3.49. The lowest BCUT2D eigenvalue weighted by Gasteiger charge is -2.17. The molecule has 1 aliphatic rings. The van der Waals surface area contributed by atoms with Crippen molar-refractivity contribution in [2.75, 3.05) is 39.1 Å². The summed E-state index contributed by atoms with van der Waals surface area (Å²) < 4.78 is 56.7. The first kappa shape index (κ1) is 33.5. The number of carboxylic acids is 1. The van der Waals surface area contributed by atoms with Gasteiger partial charge in [0.05, 0.1) is 28.1 Å². The number of benzene rings is 2. The molecule has 0 saturated carbocycles. The Hall–Kier alpha value is -3.67. The fraction of sp³-hybridized carbons (Fsp3) is 0.385. The number of hydrogen-bond acceptors (Lipinski definition) is 8. The zero-order valence-electron chi connectivity index (χ0n) is 22.0. The molecule has 3 N–H and O–H groups in total. The molecule has 0 atom stereocenters. The molecular weight excluding hydrogens is 587 g/mol. The zero-order valence-corrected chi connectivity index (χ0v) is 23.6. The Bertz CT molecular complexity index is 1390. The Balaban J connectivity index is 0.000000745. The number of carbonyl (C=O) groups is 2. The molecule has 1 heterocycles. The normalized spacial score (nSPS) is 12.8. The second kappa shape index (κ2) is 15.4. The average molecular weight is 616 g/mol. The largest absolute Gasteiger partial charge is 0.490 e. The lowest BCUT2D eigenvalue weighted by atomic mass is 10.1. The number of hydrogen-bond donors (Lipinski definition) is 3. The maximum Gasteiger partial charge on any atom is 0.490 e. The molecule has 0 radical (unpaired) electrons. The third-order valence-electron chi connectivity index (χ3n) is 5.74. The van der Waals surface area contributed by atoms with Crippen LogP contribution in [0, 0.1) is 11.3 Å². The van der Waals surface area contributed by atoms with Gasteiger partial charge in [-0.1, -0.05) is 35.9 Å². The number of nitrogens with zero attached hydrogens (tertiary/aromatic N) is 3. The highest BCUT2D eigenvalue weighted by Gasteiger charge is 2.38. The average Bonchev–Trinajstić information content (AvgIpc) is 3.46. The van der Waals surface area contributed by atoms with Gasteiger partial charge in [0, 0.05) is 32.1 Å². The number of nitrogens with one attached hydrogen (secondary N) is 2. The van der Waals surface area contributed by atoms with Crippen molar-refractivity contribution in [1.29, 1.82) is 5.26 Å². The van der Waals surface area contributed by atoms with E-state index in [2.05, 4.69) is 27.8 Å². The SMILES string of the molecule is CN(CCc1ccc(C2=NCCN2)cc1)C(=O)CCCNCS(=O)(=O)c1ccc(C#N)cc1Cl.O=C(O)C(F)(F)F. The van der Waals surface area contributed by atoms with E-state index in [1.807, 2.05) is 18.2 Å². The highest BCUT2D eigenvalue weighted by atomic mass is 35.5. The number of nitriles is 1. The van der Waals surface area contributed by atoms with Crippen molar-refractivity contribution < 1.29 is 36.3 Å². The Morgan fingerprint density at radius 3 is 2.41 bits per heavy atom. The van der Waals surface area contributed by atoms with Gasteiger partial charge >= 0.3 is 12.1 Å². The van der Waals surface area contributed by atoms with Crippen molar-refractivity contribution in [2.45, 2.75) is 30.3 Å². The van der Waals surface area contributed by atoms with Gasteiger partial charge in [-0.2, -0.15) is 18.4 Å². The summed E-state index contributed by atoms with van der Waals surface area (Å²) in [7, 11) is -1.86. The molecule has 2 aromatic rings. The van der Waals surface area contributed by atoms with Gasteiger partial charge in [0.15, 0.2) is 9.84 Å². The number of sulfone groups is 1. The van der Waals surface area contributed by atoms with E-state index in [1.165, 1.54) is 18.2 Å². The lowest BCUT2D eigenvalue weighted by molar-refractivity contribution is -0.192. The molecule has 0 aliphatic carbocycles. The topological polar surface area (TPSA) is 152 Å². The maximum atomic E-state index is 12.5. The molecule has 2 aromatic carbocycles. The summed E-state index contributed by atoms with van der Waals surface area (Å²) in [5.74, 6) is -2.10. The minimum absolute atomic E-state index is 0.0147. The van der Waals surface area contributed by atoms with Crippen LogP contribution < -0.4 is 10.6 Å². The number of amidine groups is 1. The first-order valence-electron chi connectivity index (χ1n) is 12.3. The summed E-state index contributed by atoms with van der Waals surface area (Å²) >= 11 is 6.00. The van der Waals surface area contributed by atoms with E-state index in [-0.39, 0.29) is 21.7 Å². The van der Waals surface area contributed by atoms with Gasteiger partial charge in [-0.25, -0.2) is 13.2 Å². The molecule has 1 aliphatic heterocycles. The minimum Gasteiger partial charge on any atom is -0.475 e. The van der Waals surface area contributed by atoms with Crippen LogP contribution in [0.1, 0.15) is 29.5 Å².